The van der Waals surface area contributed by atoms with Gasteiger partial charge in [0.1, 0.15) is 5.67 Å². The summed E-state index contributed by atoms with van der Waals surface area (Å²) in [6, 6.07) is 0. The number of alkyl halides is 1. The maximum Gasteiger partial charge on any atom is 0.115 e. The molecule has 2 saturated heterocycles. The number of hydrogen-bond acceptors (Lipinski definition) is 2. The highest BCUT2D eigenvalue weighted by molar-refractivity contribution is 4.99. The van der Waals surface area contributed by atoms with Gasteiger partial charge in [0.2, 0.25) is 0 Å². The number of rotatable bonds is 2. The monoisotopic (exact) mass is 283 g/mol. The maximum absolute atomic E-state index is 15.5. The molecular weight excluding hydrogens is 253 g/mol. The van der Waals surface area contributed by atoms with Gasteiger partial charge < -0.3 is 10.1 Å². The van der Waals surface area contributed by atoms with Crippen molar-refractivity contribution in [2.45, 2.75) is 76.0 Å². The van der Waals surface area contributed by atoms with Gasteiger partial charge in [-0.05, 0) is 57.9 Å². The summed E-state index contributed by atoms with van der Waals surface area (Å²) in [4.78, 5) is 0. The summed E-state index contributed by atoms with van der Waals surface area (Å²) >= 11 is 0. The normalized spacial score (nSPS) is 37.5. The molecule has 3 atom stereocenters. The van der Waals surface area contributed by atoms with E-state index in [1.54, 1.807) is 0 Å². The molecule has 0 aromatic carbocycles. The van der Waals surface area contributed by atoms with E-state index in [1.807, 2.05) is 6.92 Å². The van der Waals surface area contributed by atoms with Crippen LogP contribution in [0.1, 0.15) is 64.7 Å². The molecule has 116 valence electrons. The van der Waals surface area contributed by atoms with E-state index in [2.05, 4.69) is 5.32 Å². The molecule has 2 nitrogen and oxygen atoms in total. The van der Waals surface area contributed by atoms with E-state index in [0.717, 1.165) is 58.2 Å². The van der Waals surface area contributed by atoms with Crippen LogP contribution in [0.2, 0.25) is 0 Å². The van der Waals surface area contributed by atoms with Crippen LogP contribution in [-0.4, -0.2) is 31.0 Å². The molecule has 20 heavy (non-hydrogen) atoms. The molecule has 1 N–H and O–H groups in total. The summed E-state index contributed by atoms with van der Waals surface area (Å²) in [6.45, 7) is 4.56. The van der Waals surface area contributed by atoms with Crippen LogP contribution in [0.15, 0.2) is 0 Å². The minimum atomic E-state index is -1.03. The quantitative estimate of drug-likeness (QED) is 0.831. The molecule has 3 unspecified atom stereocenters. The van der Waals surface area contributed by atoms with Crippen molar-refractivity contribution in [2.75, 3.05) is 19.7 Å². The zero-order valence-corrected chi connectivity index (χ0v) is 12.9. The summed E-state index contributed by atoms with van der Waals surface area (Å²) in [5, 5.41) is 3.38. The van der Waals surface area contributed by atoms with E-state index in [9.17, 15) is 0 Å². The van der Waals surface area contributed by atoms with Crippen molar-refractivity contribution in [1.82, 2.24) is 5.32 Å². The Morgan fingerprint density at radius 1 is 1.10 bits per heavy atom. The van der Waals surface area contributed by atoms with E-state index in [0.29, 0.717) is 0 Å². The molecular formula is C17H30FNO. The lowest BCUT2D eigenvalue weighted by Crippen LogP contribution is -2.52. The zero-order chi connectivity index (χ0) is 14.1. The first kappa shape index (κ1) is 14.8. The van der Waals surface area contributed by atoms with Gasteiger partial charge in [0.25, 0.3) is 0 Å². The summed E-state index contributed by atoms with van der Waals surface area (Å²) in [7, 11) is 0. The number of halogens is 1. The van der Waals surface area contributed by atoms with Crippen molar-refractivity contribution < 1.29 is 9.13 Å². The van der Waals surface area contributed by atoms with Gasteiger partial charge in [0.15, 0.2) is 0 Å². The standard InChI is InChI=1S/C17H30FNO/c1-16(18,15-6-5-10-19-13-15)14-7-11-20-17(12-14)8-3-2-4-9-17/h14-15,19H,2-13H2,1H3. The Labute approximate surface area is 122 Å². The summed E-state index contributed by atoms with van der Waals surface area (Å²) in [5.74, 6) is 0.388. The lowest BCUT2D eigenvalue weighted by atomic mass is 9.67. The van der Waals surface area contributed by atoms with Crippen LogP contribution in [0.3, 0.4) is 0 Å². The Kier molecular flexibility index (Phi) is 4.37. The van der Waals surface area contributed by atoms with Crippen LogP contribution in [0.25, 0.3) is 0 Å². The second kappa shape index (κ2) is 5.92. The van der Waals surface area contributed by atoms with Gasteiger partial charge in [0, 0.05) is 19.1 Å². The molecule has 1 spiro atoms. The fourth-order valence-corrected chi connectivity index (χ4v) is 4.72. The van der Waals surface area contributed by atoms with E-state index in [-0.39, 0.29) is 17.4 Å². The van der Waals surface area contributed by atoms with Crippen LogP contribution in [0, 0.1) is 11.8 Å². The fourth-order valence-electron chi connectivity index (χ4n) is 4.72. The molecule has 2 heterocycles. The van der Waals surface area contributed by atoms with Gasteiger partial charge in [-0.2, -0.15) is 0 Å². The highest BCUT2D eigenvalue weighted by atomic mass is 19.1. The van der Waals surface area contributed by atoms with Gasteiger partial charge in [-0.3, -0.25) is 0 Å². The Morgan fingerprint density at radius 2 is 1.90 bits per heavy atom. The SMILES string of the molecule is CC(F)(C1CCCNC1)C1CCOC2(CCCCC2)C1. The number of piperidine rings is 1. The molecule has 3 rings (SSSR count). The van der Waals surface area contributed by atoms with Crippen LogP contribution < -0.4 is 5.32 Å². The molecule has 0 radical (unpaired) electrons. The average Bonchev–Trinajstić information content (AvgIpc) is 2.49. The summed E-state index contributed by atoms with van der Waals surface area (Å²) in [5.41, 5.74) is -1.00. The molecule has 0 amide bonds. The molecule has 1 aliphatic carbocycles. The van der Waals surface area contributed by atoms with Gasteiger partial charge in [-0.15, -0.1) is 0 Å². The third-order valence-electron chi connectivity index (χ3n) is 6.15. The first-order chi connectivity index (χ1) is 9.62. The number of nitrogens with one attached hydrogen (secondary N) is 1. The lowest BCUT2D eigenvalue weighted by molar-refractivity contribution is -0.147. The maximum atomic E-state index is 15.5. The summed E-state index contributed by atoms with van der Waals surface area (Å²) in [6.07, 6.45) is 10.2. The van der Waals surface area contributed by atoms with E-state index < -0.39 is 5.67 Å². The minimum Gasteiger partial charge on any atom is -0.375 e. The first-order valence-electron chi connectivity index (χ1n) is 8.66. The Morgan fingerprint density at radius 3 is 2.60 bits per heavy atom. The number of ether oxygens (including phenoxy) is 1. The van der Waals surface area contributed by atoms with Crippen LogP contribution in [0.5, 0.6) is 0 Å². The van der Waals surface area contributed by atoms with Crippen molar-refractivity contribution in [3.05, 3.63) is 0 Å². The molecule has 2 aliphatic heterocycles. The molecule has 3 heteroatoms. The third-order valence-corrected chi connectivity index (χ3v) is 6.15. The Hall–Kier alpha value is -0.150. The minimum absolute atomic E-state index is 0.0244. The van der Waals surface area contributed by atoms with Crippen molar-refractivity contribution >= 4 is 0 Å². The number of hydrogen-bond donors (Lipinski definition) is 1. The predicted octanol–water partition coefficient (Wildman–Crippen LogP) is 3.84. The van der Waals surface area contributed by atoms with Gasteiger partial charge >= 0.3 is 0 Å². The first-order valence-corrected chi connectivity index (χ1v) is 8.66. The second-order valence-electron chi connectivity index (χ2n) is 7.48. The molecule has 1 saturated carbocycles. The lowest BCUT2D eigenvalue weighted by Gasteiger charge is -2.49. The largest absolute Gasteiger partial charge is 0.375 e. The van der Waals surface area contributed by atoms with Gasteiger partial charge in [0.05, 0.1) is 5.60 Å². The van der Waals surface area contributed by atoms with Crippen molar-refractivity contribution in [2.24, 2.45) is 11.8 Å². The molecule has 0 aromatic rings. The smallest absolute Gasteiger partial charge is 0.115 e. The highest BCUT2D eigenvalue weighted by Crippen LogP contribution is 2.47. The fraction of sp³-hybridized carbons (Fsp3) is 1.00. The zero-order valence-electron chi connectivity index (χ0n) is 12.9. The predicted molar refractivity (Wildman–Crippen MR) is 79.6 cm³/mol. The Balaban J connectivity index is 1.68. The molecule has 3 fully saturated rings. The summed E-state index contributed by atoms with van der Waals surface area (Å²) < 4.78 is 21.6. The average molecular weight is 283 g/mol. The van der Waals surface area contributed by atoms with Crippen LogP contribution in [0.4, 0.5) is 4.39 Å². The topological polar surface area (TPSA) is 21.3 Å². The second-order valence-corrected chi connectivity index (χ2v) is 7.48. The van der Waals surface area contributed by atoms with Crippen LogP contribution in [-0.2, 0) is 4.74 Å². The molecule has 3 aliphatic rings. The third kappa shape index (κ3) is 2.89. The van der Waals surface area contributed by atoms with Gasteiger partial charge in [-0.1, -0.05) is 19.3 Å². The van der Waals surface area contributed by atoms with Crippen LogP contribution >= 0.6 is 0 Å². The van der Waals surface area contributed by atoms with E-state index in [1.165, 1.54) is 19.3 Å². The van der Waals surface area contributed by atoms with Crippen molar-refractivity contribution in [1.29, 1.82) is 0 Å². The van der Waals surface area contributed by atoms with Crippen molar-refractivity contribution in [3.63, 3.8) is 0 Å². The molecule has 0 aromatic heterocycles. The Bertz CT molecular complexity index is 313. The van der Waals surface area contributed by atoms with Crippen molar-refractivity contribution in [3.8, 4) is 0 Å². The van der Waals surface area contributed by atoms with E-state index >= 15 is 4.39 Å². The highest BCUT2D eigenvalue weighted by Gasteiger charge is 2.48. The van der Waals surface area contributed by atoms with Gasteiger partial charge in [-0.25, -0.2) is 4.39 Å². The molecule has 0 bridgehead atoms. The van der Waals surface area contributed by atoms with E-state index in [4.69, 9.17) is 4.74 Å².